The molecule has 2 saturated heterocycles. The number of piperazine rings is 1. The monoisotopic (exact) mass is 430 g/mol. The minimum absolute atomic E-state index is 0. The molecule has 0 unspecified atom stereocenters. The van der Waals surface area contributed by atoms with E-state index in [1.807, 2.05) is 12.1 Å². The average Bonchev–Trinajstić information content (AvgIpc) is 3.22. The van der Waals surface area contributed by atoms with Crippen molar-refractivity contribution >= 4 is 5.97 Å². The lowest BCUT2D eigenvalue weighted by Crippen LogP contribution is -2.57. The number of aromatic nitrogens is 4. The second-order valence-electron chi connectivity index (χ2n) is 6.72. The number of ether oxygens (including phenoxy) is 1. The Morgan fingerprint density at radius 1 is 1.37 bits per heavy atom. The molecule has 0 spiro atoms. The van der Waals surface area contributed by atoms with Crippen LogP contribution in [0.3, 0.4) is 0 Å². The summed E-state index contributed by atoms with van der Waals surface area (Å²) >= 11 is 0. The normalized spacial score (nSPS) is 21.6. The van der Waals surface area contributed by atoms with Crippen molar-refractivity contribution in [2.75, 3.05) is 32.8 Å². The first-order valence-electron chi connectivity index (χ1n) is 8.96. The number of morpholine rings is 1. The van der Waals surface area contributed by atoms with E-state index >= 15 is 0 Å². The lowest BCUT2D eigenvalue weighted by atomic mass is 9.99. The molecule has 12 heteroatoms. The van der Waals surface area contributed by atoms with Crippen molar-refractivity contribution in [3.63, 3.8) is 0 Å². The summed E-state index contributed by atoms with van der Waals surface area (Å²) in [5, 5.41) is 22.0. The number of carboxylic acid groups (broad SMARTS) is 1. The van der Waals surface area contributed by atoms with Gasteiger partial charge in [-0.25, -0.2) is 9.48 Å². The number of tetrazole rings is 1. The van der Waals surface area contributed by atoms with Crippen LogP contribution in [0.25, 0.3) is 5.69 Å². The fourth-order valence-electron chi connectivity index (χ4n) is 3.40. The van der Waals surface area contributed by atoms with Gasteiger partial charge in [-0.15, -0.1) is 5.10 Å². The first-order valence-corrected chi connectivity index (χ1v) is 8.96. The van der Waals surface area contributed by atoms with Gasteiger partial charge in [0.2, 0.25) is 0 Å². The van der Waals surface area contributed by atoms with Crippen molar-refractivity contribution in [2.45, 2.75) is 32.7 Å². The fourth-order valence-corrected chi connectivity index (χ4v) is 3.40. The molecular formula is C18H25F3N6O3. The van der Waals surface area contributed by atoms with Gasteiger partial charge in [0.15, 0.2) is 0 Å². The topological polar surface area (TPSA) is 105 Å². The molecule has 2 atom stereocenters. The van der Waals surface area contributed by atoms with E-state index in [1.54, 1.807) is 11.0 Å². The molecule has 30 heavy (non-hydrogen) atoms. The molecule has 9 nitrogen and oxygen atoms in total. The summed E-state index contributed by atoms with van der Waals surface area (Å²) in [6.45, 7) is 7.03. The molecule has 2 aromatic rings. The van der Waals surface area contributed by atoms with E-state index in [2.05, 4.69) is 38.7 Å². The number of hydrogen-bond acceptors (Lipinski definition) is 7. The van der Waals surface area contributed by atoms with Crippen molar-refractivity contribution in [1.29, 1.82) is 0 Å². The maximum Gasteiger partial charge on any atom is 0.490 e. The summed E-state index contributed by atoms with van der Waals surface area (Å²) in [7, 11) is 0. The average molecular weight is 430 g/mol. The van der Waals surface area contributed by atoms with Crippen LogP contribution in [0, 0.1) is 6.92 Å². The molecule has 2 aliphatic rings. The number of carboxylic acids is 1. The summed E-state index contributed by atoms with van der Waals surface area (Å²) in [6.07, 6.45) is -3.34. The quantitative estimate of drug-likeness (QED) is 0.740. The van der Waals surface area contributed by atoms with Crippen molar-refractivity contribution in [2.24, 2.45) is 0 Å². The maximum atomic E-state index is 10.6. The number of halogens is 3. The van der Waals surface area contributed by atoms with Crippen LogP contribution in [0.2, 0.25) is 0 Å². The molecule has 0 aliphatic carbocycles. The number of rotatable bonds is 2. The van der Waals surface area contributed by atoms with E-state index < -0.39 is 12.1 Å². The molecule has 1 aromatic carbocycles. The number of nitrogens with zero attached hydrogens (tertiary/aromatic N) is 5. The van der Waals surface area contributed by atoms with E-state index in [-0.39, 0.29) is 13.5 Å². The molecule has 0 amide bonds. The first kappa shape index (κ1) is 23.7. The van der Waals surface area contributed by atoms with Crippen molar-refractivity contribution < 1.29 is 27.8 Å². The molecule has 3 heterocycles. The van der Waals surface area contributed by atoms with E-state index in [0.717, 1.165) is 38.5 Å². The molecule has 2 aliphatic heterocycles. The van der Waals surface area contributed by atoms with Crippen LogP contribution in [0.5, 0.6) is 0 Å². The Balaban J connectivity index is 0.000000350. The van der Waals surface area contributed by atoms with E-state index in [0.29, 0.717) is 6.04 Å². The SMILES string of the molecule is C.Cc1c([C@H]2CN3CCNC[C@H]3CO2)cccc1-n1cnnn1.O=C(O)C(F)(F)F. The van der Waals surface area contributed by atoms with Gasteiger partial charge in [-0.3, -0.25) is 4.90 Å². The molecule has 0 saturated carbocycles. The summed E-state index contributed by atoms with van der Waals surface area (Å²) in [5.74, 6) is -2.76. The zero-order valence-corrected chi connectivity index (χ0v) is 15.6. The molecule has 2 N–H and O–H groups in total. The van der Waals surface area contributed by atoms with Crippen LogP contribution in [0.1, 0.15) is 24.7 Å². The second kappa shape index (κ2) is 9.96. The Kier molecular flexibility index (Phi) is 7.87. The number of benzene rings is 1. The Labute approximate surface area is 171 Å². The van der Waals surface area contributed by atoms with Crippen molar-refractivity contribution in [3.8, 4) is 5.69 Å². The van der Waals surface area contributed by atoms with Gasteiger partial charge in [0.1, 0.15) is 6.33 Å². The standard InChI is InChI=1S/C15H20N6O.C2HF3O2.CH4/c1-11-13(3-2-4-14(11)21-10-17-18-19-21)15-8-20-6-5-16-7-12(20)9-22-15;3-2(4,5)1(6)7;/h2-4,10,12,15-16H,5-9H2,1H3;(H,6,7);1H4/t12-,15+;;/m0../s1. The predicted molar refractivity (Wildman–Crippen MR) is 101 cm³/mol. The molecule has 4 rings (SSSR count). The maximum absolute atomic E-state index is 10.6. The van der Waals surface area contributed by atoms with Crippen molar-refractivity contribution in [3.05, 3.63) is 35.7 Å². The lowest BCUT2D eigenvalue weighted by molar-refractivity contribution is -0.192. The summed E-state index contributed by atoms with van der Waals surface area (Å²) in [6, 6.07) is 6.74. The molecule has 166 valence electrons. The molecule has 0 bridgehead atoms. The van der Waals surface area contributed by atoms with E-state index in [1.165, 1.54) is 11.1 Å². The fraction of sp³-hybridized carbons (Fsp3) is 0.556. The van der Waals surface area contributed by atoms with Crippen LogP contribution >= 0.6 is 0 Å². The highest BCUT2D eigenvalue weighted by Crippen LogP contribution is 2.30. The number of carbonyl (C=O) groups is 1. The van der Waals surface area contributed by atoms with Crippen LogP contribution < -0.4 is 5.32 Å². The van der Waals surface area contributed by atoms with Gasteiger partial charge in [-0.05, 0) is 34.5 Å². The Hall–Kier alpha value is -2.57. The highest BCUT2D eigenvalue weighted by Gasteiger charge is 2.38. The highest BCUT2D eigenvalue weighted by molar-refractivity contribution is 5.73. The van der Waals surface area contributed by atoms with Gasteiger partial charge in [-0.2, -0.15) is 13.2 Å². The van der Waals surface area contributed by atoms with Crippen LogP contribution in [-0.4, -0.2) is 81.2 Å². The third-order valence-electron chi connectivity index (χ3n) is 4.89. The Morgan fingerprint density at radius 2 is 2.10 bits per heavy atom. The summed E-state index contributed by atoms with van der Waals surface area (Å²) < 4.78 is 39.6. The highest BCUT2D eigenvalue weighted by atomic mass is 19.4. The van der Waals surface area contributed by atoms with E-state index in [4.69, 9.17) is 14.6 Å². The molecule has 2 fully saturated rings. The minimum Gasteiger partial charge on any atom is -0.475 e. The number of hydrogen-bond donors (Lipinski definition) is 2. The third-order valence-corrected chi connectivity index (χ3v) is 4.89. The lowest BCUT2D eigenvalue weighted by Gasteiger charge is -2.43. The van der Waals surface area contributed by atoms with Gasteiger partial charge in [0, 0.05) is 32.2 Å². The Morgan fingerprint density at radius 3 is 2.73 bits per heavy atom. The number of fused-ring (bicyclic) bond motifs is 1. The molecular weight excluding hydrogens is 405 g/mol. The van der Waals surface area contributed by atoms with Gasteiger partial charge in [0.05, 0.1) is 18.4 Å². The predicted octanol–water partition coefficient (Wildman–Crippen LogP) is 1.59. The smallest absolute Gasteiger partial charge is 0.475 e. The van der Waals surface area contributed by atoms with Gasteiger partial charge in [0.25, 0.3) is 0 Å². The van der Waals surface area contributed by atoms with Gasteiger partial charge in [-0.1, -0.05) is 19.6 Å². The zero-order chi connectivity index (χ0) is 21.0. The van der Waals surface area contributed by atoms with Crippen LogP contribution in [0.15, 0.2) is 24.5 Å². The van der Waals surface area contributed by atoms with Crippen LogP contribution in [-0.2, 0) is 9.53 Å². The summed E-state index contributed by atoms with van der Waals surface area (Å²) in [5.41, 5.74) is 3.41. The van der Waals surface area contributed by atoms with Crippen LogP contribution in [0.4, 0.5) is 13.2 Å². The Bertz CT molecular complexity index is 831. The molecule has 1 aromatic heterocycles. The van der Waals surface area contributed by atoms with Gasteiger partial charge < -0.3 is 15.2 Å². The first-order chi connectivity index (χ1) is 13.8. The number of nitrogens with one attached hydrogen (secondary N) is 1. The number of alkyl halides is 3. The van der Waals surface area contributed by atoms with E-state index in [9.17, 15) is 13.2 Å². The minimum atomic E-state index is -5.08. The molecule has 0 radical (unpaired) electrons. The number of aliphatic carboxylic acids is 1. The summed E-state index contributed by atoms with van der Waals surface area (Å²) in [4.78, 5) is 11.4. The van der Waals surface area contributed by atoms with Crippen molar-refractivity contribution in [1.82, 2.24) is 30.4 Å². The zero-order valence-electron chi connectivity index (χ0n) is 15.6. The third kappa shape index (κ3) is 5.52. The largest absolute Gasteiger partial charge is 0.490 e. The van der Waals surface area contributed by atoms with Gasteiger partial charge >= 0.3 is 12.1 Å². The second-order valence-corrected chi connectivity index (χ2v) is 6.72.